The molecule has 48 valence electrons. The number of rotatable bonds is 2. The highest BCUT2D eigenvalue weighted by Crippen LogP contribution is 1.85. The van der Waals surface area contributed by atoms with Gasteiger partial charge in [0.1, 0.15) is 6.02 Å². The maximum absolute atomic E-state index is 10.1. The summed E-state index contributed by atoms with van der Waals surface area (Å²) in [5.41, 5.74) is 4.77. The van der Waals surface area contributed by atoms with Gasteiger partial charge < -0.3 is 15.9 Å². The van der Waals surface area contributed by atoms with Gasteiger partial charge in [0.15, 0.2) is 0 Å². The Bertz CT molecular complexity index is 151. The minimum absolute atomic E-state index is 0.841. The van der Waals surface area contributed by atoms with E-state index in [1.807, 2.05) is 0 Å². The van der Waals surface area contributed by atoms with E-state index < -0.39 is 18.1 Å². The van der Waals surface area contributed by atoms with Crippen molar-refractivity contribution >= 4 is 5.97 Å². The van der Waals surface area contributed by atoms with Crippen molar-refractivity contribution in [3.05, 3.63) is 0 Å². The fourth-order valence-corrected chi connectivity index (χ4v) is 0.155. The molecule has 0 saturated carbocycles. The smallest absolute Gasteiger partial charge is 0.323 e. The van der Waals surface area contributed by atoms with Gasteiger partial charge in [0.25, 0.3) is 0 Å². The molecule has 0 fully saturated rings. The molecule has 4 N–H and O–H groups in total. The van der Waals surface area contributed by atoms with E-state index in [1.165, 1.54) is 0 Å². The topological polar surface area (TPSA) is 83.5 Å². The van der Waals surface area contributed by atoms with Crippen molar-refractivity contribution in [3.8, 4) is 0 Å². The molecule has 0 aliphatic heterocycles. The molecule has 0 saturated heterocycles. The van der Waals surface area contributed by atoms with Crippen LogP contribution in [-0.2, 0) is 4.79 Å². The third-order valence-electron chi connectivity index (χ3n) is 0.620. The van der Waals surface area contributed by atoms with Crippen LogP contribution in [0.4, 0.5) is 0 Å². The molecule has 0 bridgehead atoms. The molecule has 4 heteroatoms. The summed E-state index contributed by atoms with van der Waals surface area (Å²) in [6, 6.07) is -2.67. The lowest BCUT2D eigenvalue weighted by atomic mass is 10.8. The molecule has 0 heterocycles. The molecule has 0 aromatic rings. The van der Waals surface area contributed by atoms with E-state index in [4.69, 9.17) is 18.7 Å². The maximum Gasteiger partial charge on any atom is 0.323 e. The van der Waals surface area contributed by atoms with Gasteiger partial charge in [-0.2, -0.15) is 0 Å². The quantitative estimate of drug-likeness (QED) is 0.402. The molecule has 0 rings (SSSR count). The van der Waals surface area contributed by atoms with Crippen molar-refractivity contribution in [1.29, 1.82) is 0 Å². The molecule has 0 aliphatic rings. The fraction of sp³-hybridized carbons (Fsp3) is 0.750. The molecule has 0 spiro atoms. The minimum atomic E-state index is -2.67. The molecule has 2 unspecified atom stereocenters. The van der Waals surface area contributed by atoms with Crippen LogP contribution in [0.2, 0.25) is 0 Å². The van der Waals surface area contributed by atoms with E-state index in [1.54, 1.807) is 0 Å². The van der Waals surface area contributed by atoms with Crippen molar-refractivity contribution in [2.24, 2.45) is 5.73 Å². The number of aliphatic hydroxyl groups is 1. The summed E-state index contributed by atoms with van der Waals surface area (Å²) in [4.78, 5) is 10.1. The lowest BCUT2D eigenvalue weighted by Gasteiger charge is -2.06. The normalized spacial score (nSPS) is 28.9. The van der Waals surface area contributed by atoms with Crippen molar-refractivity contribution < 1.29 is 17.7 Å². The van der Waals surface area contributed by atoms with Gasteiger partial charge in [-0.05, 0) is 6.92 Å². The van der Waals surface area contributed by atoms with Crippen LogP contribution >= 0.6 is 0 Å². The summed E-state index contributed by atoms with van der Waals surface area (Å²) in [7, 11) is 0. The fourth-order valence-electron chi connectivity index (χ4n) is 0.155. The second-order valence-electron chi connectivity index (χ2n) is 1.30. The Morgan fingerprint density at radius 3 is 2.38 bits per heavy atom. The third-order valence-corrected chi connectivity index (χ3v) is 0.620. The number of nitrogens with two attached hydrogens (primary N) is 1. The Morgan fingerprint density at radius 2 is 2.38 bits per heavy atom. The summed E-state index contributed by atoms with van der Waals surface area (Å²) in [6.07, 6.45) is -2.49. The number of hydrogen-bond acceptors (Lipinski definition) is 3. The molecule has 0 aromatic heterocycles. The van der Waals surface area contributed by atoms with Gasteiger partial charge in [-0.1, -0.05) is 0 Å². The van der Waals surface area contributed by atoms with E-state index in [0.29, 0.717) is 0 Å². The Morgan fingerprint density at radius 1 is 2.00 bits per heavy atom. The predicted octanol–water partition coefficient (Wildman–Crippen LogP) is -1.22. The zero-order valence-corrected chi connectivity index (χ0v) is 4.38. The Labute approximate surface area is 49.7 Å². The van der Waals surface area contributed by atoms with Gasteiger partial charge >= 0.3 is 5.97 Å². The van der Waals surface area contributed by atoms with Gasteiger partial charge in [-0.3, -0.25) is 4.79 Å². The number of carbonyl (C=O) groups is 1. The average Bonchev–Trinajstić information content (AvgIpc) is 1.62. The van der Waals surface area contributed by atoms with Gasteiger partial charge in [-0.15, -0.1) is 0 Å². The summed E-state index contributed by atoms with van der Waals surface area (Å²) in [6.45, 7) is 0.841. The summed E-state index contributed by atoms with van der Waals surface area (Å²) in [5, 5.41) is 16.9. The first-order valence-electron chi connectivity index (χ1n) is 2.94. The number of carboxylic acid groups (broad SMARTS) is 1. The van der Waals surface area contributed by atoms with Crippen LogP contribution in [0.15, 0.2) is 0 Å². The lowest BCUT2D eigenvalue weighted by Crippen LogP contribution is -2.39. The maximum atomic E-state index is 10.1. The van der Waals surface area contributed by atoms with Crippen LogP contribution < -0.4 is 5.73 Å². The Balaban J connectivity index is 4.57. The van der Waals surface area contributed by atoms with Crippen LogP contribution in [0, 0.1) is 0 Å². The molecule has 0 aliphatic carbocycles. The van der Waals surface area contributed by atoms with E-state index >= 15 is 0 Å². The minimum Gasteiger partial charge on any atom is -0.480 e. The van der Waals surface area contributed by atoms with Crippen molar-refractivity contribution in [3.63, 3.8) is 0 Å². The highest BCUT2D eigenvalue weighted by atomic mass is 16.4. The predicted molar refractivity (Wildman–Crippen MR) is 27.3 cm³/mol. The van der Waals surface area contributed by atoms with Gasteiger partial charge in [-0.25, -0.2) is 0 Å². The number of carboxylic acids is 1. The molecule has 8 heavy (non-hydrogen) atoms. The standard InChI is InChI=1S/C4H9NO3/c1-2(6)3(5)4(7)8/h2-3,6H,5H2,1H3,(H,7,8)/i2+1D,3+1D. The van der Waals surface area contributed by atoms with Crippen LogP contribution in [-0.4, -0.2) is 28.3 Å². The molecular formula is C4H9NO3. The van der Waals surface area contributed by atoms with Crippen molar-refractivity contribution in [2.75, 3.05) is 0 Å². The number of hydrogen-bond donors (Lipinski definition) is 3. The van der Waals surface area contributed by atoms with Gasteiger partial charge in [0, 0.05) is 0 Å². The van der Waals surface area contributed by atoms with E-state index in [0.717, 1.165) is 6.92 Å². The molecular weight excluding hydrogens is 112 g/mol. The van der Waals surface area contributed by atoms with E-state index in [9.17, 15) is 4.79 Å². The molecule has 0 radical (unpaired) electrons. The summed E-state index contributed by atoms with van der Waals surface area (Å²) < 4.78 is 13.5. The van der Waals surface area contributed by atoms with Crippen molar-refractivity contribution in [1.82, 2.24) is 0 Å². The molecule has 0 aromatic carbocycles. The largest absolute Gasteiger partial charge is 0.480 e. The van der Waals surface area contributed by atoms with Crippen LogP contribution in [0.5, 0.6) is 0 Å². The first-order chi connectivity index (χ1) is 4.19. The van der Waals surface area contributed by atoms with Crippen LogP contribution in [0.25, 0.3) is 0 Å². The summed E-state index contributed by atoms with van der Waals surface area (Å²) >= 11 is 0. The highest BCUT2D eigenvalue weighted by Gasteiger charge is 2.16. The van der Waals surface area contributed by atoms with E-state index in [-0.39, 0.29) is 0 Å². The molecule has 2 atom stereocenters. The first-order valence-corrected chi connectivity index (χ1v) is 1.94. The average molecular weight is 123 g/mol. The highest BCUT2D eigenvalue weighted by molar-refractivity contribution is 5.73. The van der Waals surface area contributed by atoms with Crippen LogP contribution in [0.1, 0.15) is 9.67 Å². The Hall–Kier alpha value is -0.610. The second kappa shape index (κ2) is 2.64. The first kappa shape index (κ1) is 4.29. The van der Waals surface area contributed by atoms with E-state index in [2.05, 4.69) is 0 Å². The molecule has 4 nitrogen and oxygen atoms in total. The third kappa shape index (κ3) is 1.90. The molecule has 0 amide bonds. The SMILES string of the molecule is [2H][13C](C)(O)[13C]([2H])(N)C(=O)O. The lowest BCUT2D eigenvalue weighted by molar-refractivity contribution is -0.140. The zero-order chi connectivity index (χ0) is 8.58. The van der Waals surface area contributed by atoms with Crippen LogP contribution in [0.3, 0.4) is 0 Å². The second-order valence-corrected chi connectivity index (χ2v) is 1.30. The van der Waals surface area contributed by atoms with Gasteiger partial charge in [0.2, 0.25) is 0 Å². The Kier molecular flexibility index (Phi) is 1.41. The summed E-state index contributed by atoms with van der Waals surface area (Å²) in [5.74, 6) is -1.73. The van der Waals surface area contributed by atoms with Crippen molar-refractivity contribution in [2.45, 2.75) is 19.0 Å². The monoisotopic (exact) mass is 123 g/mol. The van der Waals surface area contributed by atoms with Gasteiger partial charge in [0.05, 0.1) is 8.82 Å². The zero-order valence-electron chi connectivity index (χ0n) is 6.38. The number of aliphatic carboxylic acids is 1.